The highest BCUT2D eigenvalue weighted by Gasteiger charge is 2.29. The zero-order valence-corrected chi connectivity index (χ0v) is 56.9. The van der Waals surface area contributed by atoms with Gasteiger partial charge in [-0.15, -0.1) is 0 Å². The van der Waals surface area contributed by atoms with Crippen LogP contribution in [0.25, 0.3) is 0 Å². The summed E-state index contributed by atoms with van der Waals surface area (Å²) in [6.07, 6.45) is 11.7. The molecule has 458 valence electrons. The lowest BCUT2D eigenvalue weighted by atomic mass is 9.72. The fourth-order valence-corrected chi connectivity index (χ4v) is 11.7. The fourth-order valence-electron chi connectivity index (χ4n) is 9.46. The molecule has 1 aliphatic carbocycles. The Hall–Kier alpha value is -3.43. The first kappa shape index (κ1) is 76.6. The van der Waals surface area contributed by atoms with Gasteiger partial charge < -0.3 is 10.1 Å². The molecule has 1 heterocycles. The largest absolute Gasteiger partial charge is 0.496 e. The normalized spacial score (nSPS) is 15.2. The van der Waals surface area contributed by atoms with Crippen molar-refractivity contribution in [2.75, 3.05) is 38.0 Å². The molecule has 6 rings (SSSR count). The van der Waals surface area contributed by atoms with Crippen LogP contribution in [-0.4, -0.2) is 56.5 Å². The Morgan fingerprint density at radius 1 is 0.600 bits per heavy atom. The Bertz CT molecular complexity index is 2580. The predicted molar refractivity (Wildman–Crippen MR) is 360 cm³/mol. The molecule has 0 aromatic heterocycles. The molecule has 1 unspecified atom stereocenters. The minimum Gasteiger partial charge on any atom is -0.496 e. The molecule has 4 aromatic carbocycles. The summed E-state index contributed by atoms with van der Waals surface area (Å²) >= 11 is 0. The molecular formula is C72H124N2O4S2. The third kappa shape index (κ3) is 31.9. The number of sulfone groups is 1. The van der Waals surface area contributed by atoms with Gasteiger partial charge in [-0.2, -0.15) is 0 Å². The molecule has 6 nitrogen and oxygen atoms in total. The molecule has 1 saturated heterocycles. The van der Waals surface area contributed by atoms with Gasteiger partial charge in [0, 0.05) is 28.3 Å². The Morgan fingerprint density at radius 2 is 1.01 bits per heavy atom. The number of methoxy groups -OCH3 is 1. The second-order valence-electron chi connectivity index (χ2n) is 29.5. The minimum absolute atomic E-state index is 0. The van der Waals surface area contributed by atoms with Gasteiger partial charge in [-0.1, -0.05) is 263 Å². The standard InChI is InChI=1S/C16H27NOS.C13H20O2S.C13H20.C12H18O.C10H20.C7H15N.CH4/c1-13(2)12-19(6,18)17-11-14-8-7-9-15(10-14)16(3,4)5;1-13(2,3)12-7-5-6-11(10-12)8-9-16(4,14)15;1-5-7-11-8-6-9-12(10-11)13(2,3)4;1-9-10(12(2,3)4)7-6-8-11(9)13-5;1-10(2,3)9-7-5-4-6-8-9;1-7(2,3)6-4-8-5-6;/h7-10,13H,6,11-12H2,1-5H3,(H,17,18);5-7,10H,8-9H2,1-4H3;6,8-10H,5,7H2,1-4H3;6-8H,1-5H3;9H,4-8H2,1-3H3;6,8H,4-5H2,1-3H3;1H4. The van der Waals surface area contributed by atoms with Crippen LogP contribution in [0.4, 0.5) is 0 Å². The minimum atomic E-state index is -2.87. The smallest absolute Gasteiger partial charge is 0.147 e. The molecule has 1 saturated carbocycles. The molecular weight excluding hydrogens is 1020 g/mol. The molecule has 0 bridgehead atoms. The first-order valence-corrected chi connectivity index (χ1v) is 33.9. The number of hydrogen-bond donors (Lipinski definition) is 2. The fraction of sp³-hybridized carbons (Fsp3) is 0.653. The topological polar surface area (TPSA) is 84.5 Å². The summed E-state index contributed by atoms with van der Waals surface area (Å²) in [6.45, 7) is 52.1. The van der Waals surface area contributed by atoms with Crippen molar-refractivity contribution in [2.24, 2.45) is 28.6 Å². The monoisotopic (exact) mass is 1140 g/mol. The summed E-state index contributed by atoms with van der Waals surface area (Å²) in [5.74, 6) is 7.94. The molecule has 2 N–H and O–H groups in total. The van der Waals surface area contributed by atoms with E-state index in [-0.39, 0.29) is 34.8 Å². The first-order chi connectivity index (χ1) is 36.0. The quantitative estimate of drug-likeness (QED) is 0.146. The van der Waals surface area contributed by atoms with E-state index in [9.17, 15) is 12.6 Å². The van der Waals surface area contributed by atoms with Crippen molar-refractivity contribution in [2.45, 2.75) is 239 Å². The molecule has 1 atom stereocenters. The molecule has 8 heteroatoms. The third-order valence-electron chi connectivity index (χ3n) is 15.0. The van der Waals surface area contributed by atoms with Crippen molar-refractivity contribution in [3.8, 4) is 5.75 Å². The first-order valence-electron chi connectivity index (χ1n) is 29.9. The van der Waals surface area contributed by atoms with E-state index in [1.54, 1.807) is 7.11 Å². The van der Waals surface area contributed by atoms with Crippen molar-refractivity contribution in [1.82, 2.24) is 10.0 Å². The maximum Gasteiger partial charge on any atom is 0.147 e. The lowest BCUT2D eigenvalue weighted by molar-refractivity contribution is 0.165. The molecule has 0 spiro atoms. The Labute approximate surface area is 497 Å². The van der Waals surface area contributed by atoms with E-state index >= 15 is 0 Å². The third-order valence-corrected chi connectivity index (χ3v) is 17.8. The summed E-state index contributed by atoms with van der Waals surface area (Å²) in [7, 11) is -3.33. The number of aryl methyl sites for hydroxylation is 2. The van der Waals surface area contributed by atoms with Gasteiger partial charge in [0.25, 0.3) is 0 Å². The highest BCUT2D eigenvalue weighted by atomic mass is 32.2. The molecule has 2 fully saturated rings. The lowest BCUT2D eigenvalue weighted by Gasteiger charge is -2.38. The van der Waals surface area contributed by atoms with Crippen LogP contribution in [-0.2, 0) is 60.6 Å². The average molecular weight is 1150 g/mol. The highest BCUT2D eigenvalue weighted by molar-refractivity contribution is 7.98. The molecule has 80 heavy (non-hydrogen) atoms. The van der Waals surface area contributed by atoms with Crippen LogP contribution in [0.5, 0.6) is 5.75 Å². The van der Waals surface area contributed by atoms with E-state index in [1.807, 2.05) is 24.3 Å². The average Bonchev–Trinajstić information content (AvgIpc) is 3.29. The van der Waals surface area contributed by atoms with Gasteiger partial charge in [0.1, 0.15) is 15.6 Å². The lowest BCUT2D eigenvalue weighted by Crippen LogP contribution is -2.48. The van der Waals surface area contributed by atoms with Gasteiger partial charge in [-0.25, -0.2) is 13.1 Å². The number of rotatable bonds is 11. The number of hydrogen-bond acceptors (Lipinski definition) is 5. The van der Waals surface area contributed by atoms with E-state index in [0.717, 1.165) is 28.7 Å². The van der Waals surface area contributed by atoms with Gasteiger partial charge in [0.05, 0.1) is 12.9 Å². The van der Waals surface area contributed by atoms with Crippen molar-refractivity contribution in [1.29, 1.82) is 0 Å². The van der Waals surface area contributed by atoms with Crippen LogP contribution < -0.4 is 14.8 Å². The van der Waals surface area contributed by atoms with Gasteiger partial charge in [0.15, 0.2) is 0 Å². The summed E-state index contributed by atoms with van der Waals surface area (Å²) < 4.78 is 42.8. The maximum absolute atomic E-state index is 12.2. The number of ether oxygens (including phenoxy) is 1. The number of benzene rings is 4. The molecule has 4 aromatic rings. The second-order valence-corrected chi connectivity index (χ2v) is 34.0. The van der Waals surface area contributed by atoms with Crippen LogP contribution >= 0.6 is 0 Å². The van der Waals surface area contributed by atoms with Crippen LogP contribution in [0.15, 0.2) is 91.0 Å². The van der Waals surface area contributed by atoms with Crippen LogP contribution in [0.1, 0.15) is 236 Å². The second kappa shape index (κ2) is 33.8. The van der Waals surface area contributed by atoms with Crippen LogP contribution in [0, 0.1) is 35.5 Å². The van der Waals surface area contributed by atoms with E-state index in [4.69, 9.17) is 4.74 Å². The van der Waals surface area contributed by atoms with Gasteiger partial charge in [-0.05, 0) is 152 Å². The molecule has 1 aliphatic heterocycles. The summed E-state index contributed by atoms with van der Waals surface area (Å²) in [4.78, 5) is 0. The number of nitrogens with one attached hydrogen (secondary N) is 2. The summed E-state index contributed by atoms with van der Waals surface area (Å²) in [5.41, 5.74) is 12.1. The van der Waals surface area contributed by atoms with Gasteiger partial charge in [-0.3, -0.25) is 4.21 Å². The predicted octanol–water partition coefficient (Wildman–Crippen LogP) is 18.7. The summed E-state index contributed by atoms with van der Waals surface area (Å²) in [6, 6.07) is 31.8. The molecule has 0 radical (unpaired) electrons. The summed E-state index contributed by atoms with van der Waals surface area (Å²) in [5, 5.41) is 3.27. The maximum atomic E-state index is 12.2. The van der Waals surface area contributed by atoms with Crippen molar-refractivity contribution < 1.29 is 17.4 Å². The zero-order chi connectivity index (χ0) is 60.8. The van der Waals surface area contributed by atoms with Gasteiger partial charge in [0.2, 0.25) is 0 Å². The van der Waals surface area contributed by atoms with E-state index < -0.39 is 19.5 Å². The Kier molecular flexibility index (Phi) is 32.3. The van der Waals surface area contributed by atoms with Crippen molar-refractivity contribution in [3.63, 3.8) is 0 Å². The zero-order valence-electron chi connectivity index (χ0n) is 55.2. The van der Waals surface area contributed by atoms with Crippen LogP contribution in [0.2, 0.25) is 0 Å². The SMILES string of the molecule is C.C=S(=O)(CC(C)C)NCc1cccc(C(C)(C)C)c1.CC(C)(C)C1CCCCC1.CC(C)(C)C1CNC1.CC(C)(C)c1cccc(CCS(C)(=O)=O)c1.CCCc1cccc(C(C)(C)C)c1.COc1cccc(C(C)(C)C)c1C. The Balaban J connectivity index is 0.000000951. The van der Waals surface area contributed by atoms with Gasteiger partial charge >= 0.3 is 0 Å². The van der Waals surface area contributed by atoms with Crippen molar-refractivity contribution >= 4 is 25.4 Å². The van der Waals surface area contributed by atoms with E-state index in [1.165, 1.54) is 97.7 Å². The van der Waals surface area contributed by atoms with E-state index in [0.29, 0.717) is 35.5 Å². The molecule has 0 amide bonds. The molecule has 2 aliphatic rings. The Morgan fingerprint density at radius 3 is 1.34 bits per heavy atom. The van der Waals surface area contributed by atoms with Crippen LogP contribution in [0.3, 0.4) is 0 Å². The highest BCUT2D eigenvalue weighted by Crippen LogP contribution is 2.37. The van der Waals surface area contributed by atoms with Crippen molar-refractivity contribution in [3.05, 3.63) is 136 Å². The van der Waals surface area contributed by atoms with E-state index in [2.05, 4.69) is 235 Å².